The van der Waals surface area contributed by atoms with Crippen molar-refractivity contribution in [2.24, 2.45) is 0 Å². The standard InChI is InChI=1S/C27H29F3N4O3/c1-25(2,3)36-24(35)34(21-15-19(21)17-8-5-4-6-9-17)16-26(11-7-12-26)23-32-22(37-33-23)20-14-18(10-13-31-20)27(28,29)30/h4-6,8-10,13-14,19,21H,7,11-12,15-16H2,1-3H3/t19-,21+/m1/s1. The summed E-state index contributed by atoms with van der Waals surface area (Å²) in [6.45, 7) is 5.83. The number of benzene rings is 1. The third-order valence-electron chi connectivity index (χ3n) is 7.00. The minimum atomic E-state index is -4.51. The molecule has 2 aliphatic rings. The highest BCUT2D eigenvalue weighted by Gasteiger charge is 2.52. The van der Waals surface area contributed by atoms with Gasteiger partial charge in [-0.3, -0.25) is 4.98 Å². The summed E-state index contributed by atoms with van der Waals surface area (Å²) in [5, 5.41) is 4.14. The Kier molecular flexibility index (Phi) is 6.24. The van der Waals surface area contributed by atoms with Gasteiger partial charge in [0.2, 0.25) is 0 Å². The summed E-state index contributed by atoms with van der Waals surface area (Å²) in [6.07, 6.45) is -0.643. The molecule has 0 bridgehead atoms. The van der Waals surface area contributed by atoms with E-state index < -0.39 is 28.8 Å². The van der Waals surface area contributed by atoms with Crippen LogP contribution in [0.15, 0.2) is 53.2 Å². The van der Waals surface area contributed by atoms with Crippen LogP contribution < -0.4 is 0 Å². The van der Waals surface area contributed by atoms with E-state index in [1.807, 2.05) is 39.0 Å². The number of carbonyl (C=O) groups is 1. The lowest BCUT2D eigenvalue weighted by Crippen LogP contribution is -2.50. The van der Waals surface area contributed by atoms with E-state index in [2.05, 4.69) is 27.3 Å². The van der Waals surface area contributed by atoms with Crippen LogP contribution in [0.4, 0.5) is 18.0 Å². The Morgan fingerprint density at radius 2 is 1.89 bits per heavy atom. The number of rotatable bonds is 6. The number of halogens is 3. The number of amides is 1. The second-order valence-corrected chi connectivity index (χ2v) is 10.9. The van der Waals surface area contributed by atoms with Crippen molar-refractivity contribution in [3.8, 4) is 11.6 Å². The molecule has 37 heavy (non-hydrogen) atoms. The van der Waals surface area contributed by atoms with Crippen LogP contribution in [0, 0.1) is 0 Å². The van der Waals surface area contributed by atoms with E-state index in [9.17, 15) is 18.0 Å². The Morgan fingerprint density at radius 1 is 1.16 bits per heavy atom. The largest absolute Gasteiger partial charge is 0.444 e. The number of pyridine rings is 1. The molecule has 0 unspecified atom stereocenters. The molecule has 7 nitrogen and oxygen atoms in total. The van der Waals surface area contributed by atoms with E-state index in [1.54, 1.807) is 4.90 Å². The van der Waals surface area contributed by atoms with Crippen LogP contribution in [-0.4, -0.2) is 44.3 Å². The molecule has 196 valence electrons. The molecule has 1 aromatic carbocycles. The number of carbonyl (C=O) groups excluding carboxylic acids is 1. The van der Waals surface area contributed by atoms with Crippen molar-refractivity contribution >= 4 is 6.09 Å². The SMILES string of the molecule is CC(C)(C)OC(=O)N(CC1(c2noc(-c3cc(C(F)(F)F)ccn3)n2)CCC1)[C@H]1C[C@@H]1c1ccccc1. The maximum atomic E-state index is 13.3. The molecular weight excluding hydrogens is 485 g/mol. The van der Waals surface area contributed by atoms with Gasteiger partial charge in [0, 0.05) is 24.7 Å². The lowest BCUT2D eigenvalue weighted by molar-refractivity contribution is -0.137. The third-order valence-corrected chi connectivity index (χ3v) is 7.00. The third kappa shape index (κ3) is 5.33. The topological polar surface area (TPSA) is 81.4 Å². The molecule has 2 aliphatic carbocycles. The van der Waals surface area contributed by atoms with E-state index in [0.717, 1.165) is 44.0 Å². The Morgan fingerprint density at radius 3 is 2.51 bits per heavy atom. The quantitative estimate of drug-likeness (QED) is 0.381. The molecule has 1 amide bonds. The molecule has 2 heterocycles. The molecular formula is C27H29F3N4O3. The van der Waals surface area contributed by atoms with Crippen molar-refractivity contribution in [3.05, 3.63) is 65.6 Å². The predicted molar refractivity (Wildman–Crippen MR) is 129 cm³/mol. The fourth-order valence-electron chi connectivity index (χ4n) is 4.87. The van der Waals surface area contributed by atoms with E-state index in [0.29, 0.717) is 12.4 Å². The van der Waals surface area contributed by atoms with Crippen LogP contribution in [0.25, 0.3) is 11.6 Å². The van der Waals surface area contributed by atoms with Crippen LogP contribution in [0.3, 0.4) is 0 Å². The van der Waals surface area contributed by atoms with Crippen LogP contribution in [0.5, 0.6) is 0 Å². The van der Waals surface area contributed by atoms with Gasteiger partial charge in [-0.05, 0) is 57.7 Å². The van der Waals surface area contributed by atoms with E-state index >= 15 is 0 Å². The van der Waals surface area contributed by atoms with Gasteiger partial charge in [0.1, 0.15) is 11.3 Å². The van der Waals surface area contributed by atoms with Crippen LogP contribution in [0.2, 0.25) is 0 Å². The highest BCUT2D eigenvalue weighted by molar-refractivity contribution is 5.70. The van der Waals surface area contributed by atoms with Crippen molar-refractivity contribution in [1.82, 2.24) is 20.0 Å². The molecule has 0 aliphatic heterocycles. The second kappa shape index (κ2) is 9.15. The summed E-state index contributed by atoms with van der Waals surface area (Å²) < 4.78 is 50.6. The Labute approximate surface area is 213 Å². The normalized spacial score (nSPS) is 20.7. The number of hydrogen-bond acceptors (Lipinski definition) is 6. The van der Waals surface area contributed by atoms with E-state index in [4.69, 9.17) is 9.26 Å². The number of hydrogen-bond donors (Lipinski definition) is 0. The first-order chi connectivity index (χ1) is 17.5. The lowest BCUT2D eigenvalue weighted by atomic mass is 9.67. The summed E-state index contributed by atoms with van der Waals surface area (Å²) in [6, 6.07) is 11.8. The molecule has 0 radical (unpaired) electrons. The molecule has 0 spiro atoms. The van der Waals surface area contributed by atoms with Gasteiger partial charge in [-0.1, -0.05) is 41.9 Å². The predicted octanol–water partition coefficient (Wildman–Crippen LogP) is 6.37. The van der Waals surface area contributed by atoms with Gasteiger partial charge in [-0.2, -0.15) is 18.2 Å². The summed E-state index contributed by atoms with van der Waals surface area (Å²) in [4.78, 5) is 23.6. The van der Waals surface area contributed by atoms with Crippen molar-refractivity contribution in [3.63, 3.8) is 0 Å². The zero-order valence-electron chi connectivity index (χ0n) is 21.0. The molecule has 3 aromatic rings. The van der Waals surface area contributed by atoms with Gasteiger partial charge in [0.05, 0.1) is 11.0 Å². The van der Waals surface area contributed by atoms with Gasteiger partial charge >= 0.3 is 12.3 Å². The van der Waals surface area contributed by atoms with Crippen LogP contribution in [-0.2, 0) is 16.3 Å². The van der Waals surface area contributed by atoms with Crippen LogP contribution in [0.1, 0.15) is 69.3 Å². The van der Waals surface area contributed by atoms with Crippen molar-refractivity contribution in [2.75, 3.05) is 6.54 Å². The number of nitrogens with zero attached hydrogens (tertiary/aromatic N) is 4. The Bertz CT molecular complexity index is 1270. The number of ether oxygens (including phenoxy) is 1. The zero-order chi connectivity index (χ0) is 26.4. The first-order valence-electron chi connectivity index (χ1n) is 12.4. The fourth-order valence-corrected chi connectivity index (χ4v) is 4.87. The molecule has 0 saturated heterocycles. The van der Waals surface area contributed by atoms with Gasteiger partial charge in [0.15, 0.2) is 5.82 Å². The zero-order valence-corrected chi connectivity index (χ0v) is 21.0. The average Bonchev–Trinajstić information content (AvgIpc) is 3.44. The Balaban J connectivity index is 1.41. The minimum Gasteiger partial charge on any atom is -0.444 e. The van der Waals surface area contributed by atoms with Gasteiger partial charge in [0.25, 0.3) is 5.89 Å². The lowest BCUT2D eigenvalue weighted by Gasteiger charge is -2.43. The smallest absolute Gasteiger partial charge is 0.416 e. The van der Waals surface area contributed by atoms with Crippen molar-refractivity contribution in [1.29, 1.82) is 0 Å². The molecule has 2 atom stereocenters. The maximum absolute atomic E-state index is 13.3. The highest BCUT2D eigenvalue weighted by Crippen LogP contribution is 2.49. The van der Waals surface area contributed by atoms with Crippen LogP contribution >= 0.6 is 0 Å². The van der Waals surface area contributed by atoms with Crippen molar-refractivity contribution in [2.45, 2.75) is 75.6 Å². The highest BCUT2D eigenvalue weighted by atomic mass is 19.4. The molecule has 2 fully saturated rings. The molecule has 2 saturated carbocycles. The number of aromatic nitrogens is 3. The second-order valence-electron chi connectivity index (χ2n) is 10.9. The molecule has 2 aromatic heterocycles. The molecule has 10 heteroatoms. The van der Waals surface area contributed by atoms with Gasteiger partial charge in [-0.25, -0.2) is 4.79 Å². The average molecular weight is 515 g/mol. The number of alkyl halides is 3. The first-order valence-corrected chi connectivity index (χ1v) is 12.4. The van der Waals surface area contributed by atoms with Gasteiger partial charge in [-0.15, -0.1) is 0 Å². The first kappa shape index (κ1) is 25.2. The van der Waals surface area contributed by atoms with Gasteiger partial charge < -0.3 is 14.2 Å². The fraction of sp³-hybridized carbons (Fsp3) is 0.481. The summed E-state index contributed by atoms with van der Waals surface area (Å²) in [5.74, 6) is 0.504. The summed E-state index contributed by atoms with van der Waals surface area (Å²) in [5.41, 5.74) is -0.940. The summed E-state index contributed by atoms with van der Waals surface area (Å²) >= 11 is 0. The monoisotopic (exact) mass is 514 g/mol. The Hall–Kier alpha value is -3.43. The minimum absolute atomic E-state index is 0.0220. The molecule has 5 rings (SSSR count). The van der Waals surface area contributed by atoms with E-state index in [1.165, 1.54) is 5.56 Å². The summed E-state index contributed by atoms with van der Waals surface area (Å²) in [7, 11) is 0. The van der Waals surface area contributed by atoms with Crippen molar-refractivity contribution < 1.29 is 27.2 Å². The maximum Gasteiger partial charge on any atom is 0.416 e. The van der Waals surface area contributed by atoms with E-state index in [-0.39, 0.29) is 23.5 Å². The molecule has 0 N–H and O–H groups in total.